The summed E-state index contributed by atoms with van der Waals surface area (Å²) in [6.45, 7) is 6.70. The molecule has 41 heavy (non-hydrogen) atoms. The van der Waals surface area contributed by atoms with Crippen LogP contribution in [-0.4, -0.2) is 81.0 Å². The summed E-state index contributed by atoms with van der Waals surface area (Å²) in [4.78, 5) is 24.7. The topological polar surface area (TPSA) is 122 Å². The van der Waals surface area contributed by atoms with Crippen molar-refractivity contribution >= 4 is 23.1 Å². The number of morpholine rings is 1. The molecule has 5 heterocycles. The van der Waals surface area contributed by atoms with Crippen molar-refractivity contribution in [1.29, 1.82) is 0 Å². The Labute approximate surface area is 236 Å². The number of alkyl halides is 3. The number of halogens is 3. The summed E-state index contributed by atoms with van der Waals surface area (Å²) in [5.74, 6) is 0.284. The largest absolute Gasteiger partial charge is 0.417 e. The highest BCUT2D eigenvalue weighted by Crippen LogP contribution is 2.38. The number of nitrogens with two attached hydrogens (primary N) is 1. The lowest BCUT2D eigenvalue weighted by Gasteiger charge is -2.29. The van der Waals surface area contributed by atoms with Crippen LogP contribution in [0.25, 0.3) is 16.9 Å². The predicted molar refractivity (Wildman–Crippen MR) is 147 cm³/mol. The van der Waals surface area contributed by atoms with Crippen LogP contribution < -0.4 is 10.6 Å². The van der Waals surface area contributed by atoms with Gasteiger partial charge in [-0.1, -0.05) is 6.42 Å². The number of aryl methyl sites for hydroxylation is 1. The molecule has 0 aliphatic carbocycles. The lowest BCUT2D eigenvalue weighted by atomic mass is 9.89. The van der Waals surface area contributed by atoms with Gasteiger partial charge in [0.05, 0.1) is 24.3 Å². The number of pyridine rings is 1. The number of nitrogens with zero attached hydrogens (tertiary/aromatic N) is 6. The Balaban J connectivity index is 1.53. The van der Waals surface area contributed by atoms with Crippen molar-refractivity contribution < 1.29 is 27.8 Å². The van der Waals surface area contributed by atoms with E-state index in [1.54, 1.807) is 9.42 Å². The number of amides is 1. The van der Waals surface area contributed by atoms with Crippen LogP contribution in [-0.2, 0) is 22.1 Å². The molecular weight excluding hydrogens is 539 g/mol. The second kappa shape index (κ2) is 11.8. The number of ether oxygens (including phenoxy) is 1. The molecule has 5 rings (SSSR count). The normalized spacial score (nSPS) is 19.7. The van der Waals surface area contributed by atoms with Crippen LogP contribution in [0, 0.1) is 12.8 Å². The third kappa shape index (κ3) is 6.25. The van der Waals surface area contributed by atoms with E-state index in [-0.39, 0.29) is 23.1 Å². The summed E-state index contributed by atoms with van der Waals surface area (Å²) in [5, 5.41) is 14.4. The van der Waals surface area contributed by atoms with Crippen LogP contribution in [0.1, 0.15) is 49.4 Å². The van der Waals surface area contributed by atoms with Crippen molar-refractivity contribution in [3.8, 4) is 11.4 Å². The molecule has 10 nitrogen and oxygen atoms in total. The Morgan fingerprint density at radius 2 is 1.93 bits per heavy atom. The molecule has 0 bridgehead atoms. The van der Waals surface area contributed by atoms with Gasteiger partial charge in [0.1, 0.15) is 17.4 Å². The molecule has 0 saturated carbocycles. The number of fused-ring (bicyclic) bond motifs is 1. The minimum absolute atomic E-state index is 0.0812. The van der Waals surface area contributed by atoms with Gasteiger partial charge < -0.3 is 25.4 Å². The smallest absolute Gasteiger partial charge is 0.384 e. The Bertz CT molecular complexity index is 1400. The molecule has 2 aliphatic heterocycles. The number of aliphatic hydroxyl groups is 1. The number of aliphatic hydroxyl groups excluding tert-OH is 1. The van der Waals surface area contributed by atoms with Crippen molar-refractivity contribution in [3.63, 3.8) is 0 Å². The van der Waals surface area contributed by atoms with Gasteiger partial charge in [0, 0.05) is 38.1 Å². The van der Waals surface area contributed by atoms with E-state index in [2.05, 4.69) is 15.1 Å². The molecule has 1 amide bonds. The van der Waals surface area contributed by atoms with E-state index < -0.39 is 17.8 Å². The highest BCUT2D eigenvalue weighted by molar-refractivity contribution is 5.80. The molecule has 13 heteroatoms. The number of anilines is 2. The van der Waals surface area contributed by atoms with E-state index >= 15 is 0 Å². The molecular formula is C28H36F3N7O3. The number of carbonyl (C=O) groups is 1. The number of likely N-dealkylation sites (tertiary alicyclic amines) is 1. The monoisotopic (exact) mass is 575 g/mol. The van der Waals surface area contributed by atoms with Gasteiger partial charge in [0.2, 0.25) is 0 Å². The quantitative estimate of drug-likeness (QED) is 0.474. The molecule has 0 radical (unpaired) electrons. The minimum Gasteiger partial charge on any atom is -0.384 e. The Kier molecular flexibility index (Phi) is 8.37. The van der Waals surface area contributed by atoms with Gasteiger partial charge in [-0.2, -0.15) is 13.2 Å². The highest BCUT2D eigenvalue weighted by Gasteiger charge is 2.36. The van der Waals surface area contributed by atoms with Crippen LogP contribution >= 0.6 is 0 Å². The zero-order valence-corrected chi connectivity index (χ0v) is 23.3. The molecule has 3 N–H and O–H groups in total. The maximum atomic E-state index is 14.0. The molecule has 2 saturated heterocycles. The molecule has 2 atom stereocenters. The summed E-state index contributed by atoms with van der Waals surface area (Å²) >= 11 is 0. The summed E-state index contributed by atoms with van der Waals surface area (Å²) in [7, 11) is 0. The summed E-state index contributed by atoms with van der Waals surface area (Å²) in [6, 6.07) is 2.85. The second-order valence-corrected chi connectivity index (χ2v) is 10.9. The first-order valence-corrected chi connectivity index (χ1v) is 14.0. The average molecular weight is 576 g/mol. The zero-order valence-electron chi connectivity index (χ0n) is 23.3. The second-order valence-electron chi connectivity index (χ2n) is 10.9. The maximum Gasteiger partial charge on any atom is 0.417 e. The zero-order chi connectivity index (χ0) is 29.3. The van der Waals surface area contributed by atoms with Gasteiger partial charge in [-0.05, 0) is 63.1 Å². The van der Waals surface area contributed by atoms with Crippen LogP contribution in [0.15, 0.2) is 18.3 Å². The average Bonchev–Trinajstić information content (AvgIpc) is 3.24. The van der Waals surface area contributed by atoms with Crippen molar-refractivity contribution in [2.45, 2.75) is 58.2 Å². The van der Waals surface area contributed by atoms with Gasteiger partial charge in [-0.15, -0.1) is 5.10 Å². The van der Waals surface area contributed by atoms with E-state index in [4.69, 9.17) is 10.5 Å². The first-order valence-electron chi connectivity index (χ1n) is 14.0. The van der Waals surface area contributed by atoms with Gasteiger partial charge in [-0.25, -0.2) is 14.5 Å². The fraction of sp³-hybridized carbons (Fsp3) is 0.571. The molecule has 3 aromatic heterocycles. The molecule has 2 fully saturated rings. The van der Waals surface area contributed by atoms with Crippen LogP contribution in [0.2, 0.25) is 0 Å². The number of rotatable bonds is 5. The fourth-order valence-electron chi connectivity index (χ4n) is 5.75. The Hall–Kier alpha value is -3.45. The van der Waals surface area contributed by atoms with Crippen molar-refractivity contribution in [2.24, 2.45) is 5.92 Å². The lowest BCUT2D eigenvalue weighted by molar-refractivity contribution is -0.139. The number of hydrogen-bond acceptors (Lipinski definition) is 8. The fourth-order valence-corrected chi connectivity index (χ4v) is 5.75. The molecule has 3 aromatic rings. The molecule has 1 unspecified atom stereocenters. The lowest BCUT2D eigenvalue weighted by Crippen LogP contribution is -2.40. The highest BCUT2D eigenvalue weighted by atomic mass is 19.4. The van der Waals surface area contributed by atoms with E-state index in [1.807, 2.05) is 17.9 Å². The first kappa shape index (κ1) is 29.1. The minimum atomic E-state index is -4.66. The molecule has 0 spiro atoms. The SMILES string of the molecule is Cc1c(CC2CCCCN(C(=O)[C@H](C)O)CC2)cc2c(N3CCOCC3)nc(-c3cnc(N)cc3C(F)(F)F)nn12. The van der Waals surface area contributed by atoms with E-state index in [0.29, 0.717) is 51.1 Å². The third-order valence-corrected chi connectivity index (χ3v) is 8.01. The van der Waals surface area contributed by atoms with Gasteiger partial charge in [0.25, 0.3) is 5.91 Å². The van der Waals surface area contributed by atoms with E-state index in [1.165, 1.54) is 6.92 Å². The third-order valence-electron chi connectivity index (χ3n) is 8.01. The van der Waals surface area contributed by atoms with Gasteiger partial charge >= 0.3 is 6.18 Å². The van der Waals surface area contributed by atoms with Crippen molar-refractivity contribution in [3.05, 3.63) is 35.2 Å². The molecule has 222 valence electrons. The van der Waals surface area contributed by atoms with Crippen molar-refractivity contribution in [2.75, 3.05) is 50.0 Å². The van der Waals surface area contributed by atoms with Gasteiger partial charge in [-0.3, -0.25) is 4.79 Å². The Morgan fingerprint density at radius 1 is 1.17 bits per heavy atom. The number of nitrogen functional groups attached to an aromatic ring is 1. The van der Waals surface area contributed by atoms with E-state index in [0.717, 1.165) is 61.1 Å². The summed E-state index contributed by atoms with van der Waals surface area (Å²) < 4.78 is 49.2. The summed E-state index contributed by atoms with van der Waals surface area (Å²) in [5.41, 5.74) is 7.02. The maximum absolute atomic E-state index is 14.0. The molecule has 2 aliphatic rings. The Morgan fingerprint density at radius 3 is 2.63 bits per heavy atom. The predicted octanol–water partition coefficient (Wildman–Crippen LogP) is 3.48. The van der Waals surface area contributed by atoms with Crippen LogP contribution in [0.5, 0.6) is 0 Å². The van der Waals surface area contributed by atoms with Crippen LogP contribution in [0.4, 0.5) is 24.8 Å². The first-order chi connectivity index (χ1) is 19.5. The number of carbonyl (C=O) groups excluding carboxylic acids is 1. The number of hydrogen-bond donors (Lipinski definition) is 2. The summed E-state index contributed by atoms with van der Waals surface area (Å²) in [6.07, 6.45) is -0.231. The van der Waals surface area contributed by atoms with Crippen LogP contribution in [0.3, 0.4) is 0 Å². The van der Waals surface area contributed by atoms with Gasteiger partial charge in [0.15, 0.2) is 11.6 Å². The number of aromatic nitrogens is 4. The van der Waals surface area contributed by atoms with Crippen molar-refractivity contribution in [1.82, 2.24) is 24.5 Å². The molecule has 0 aromatic carbocycles. The van der Waals surface area contributed by atoms with E-state index in [9.17, 15) is 23.1 Å². The standard InChI is InChI=1S/C28H36F3N7O3/c1-17-20(13-19-5-3-4-7-37(8-6-19)27(40)18(2)39)14-23-26(36-9-11-41-12-10-36)34-25(35-38(17)23)21-16-33-24(32)15-22(21)28(29,30)31/h14-16,18-19,39H,3-13H2,1-2H3,(H2,32,33)/t18-,19?/m0/s1.